The molecule has 2 aromatic heterocycles. The van der Waals surface area contributed by atoms with Crippen LogP contribution < -0.4 is 15.5 Å². The molecule has 0 saturated carbocycles. The molecule has 4 rings (SSSR count). The minimum absolute atomic E-state index is 0.130. The number of amides is 2. The topological polar surface area (TPSA) is 73.1 Å². The number of rotatable bonds is 3. The minimum atomic E-state index is -2.68. The van der Waals surface area contributed by atoms with Crippen molar-refractivity contribution in [2.45, 2.75) is 18.8 Å². The summed E-state index contributed by atoms with van der Waals surface area (Å²) < 4.78 is 53.4. The second kappa shape index (κ2) is 7.67. The van der Waals surface area contributed by atoms with E-state index in [1.165, 1.54) is 18.5 Å². The molecule has 2 amide bonds. The lowest BCUT2D eigenvalue weighted by molar-refractivity contribution is -0.0221. The highest BCUT2D eigenvalue weighted by Gasteiger charge is 2.34. The molecule has 3 heterocycles. The van der Waals surface area contributed by atoms with Crippen LogP contribution in [0.1, 0.15) is 12.8 Å². The molecule has 1 aliphatic heterocycles. The zero-order chi connectivity index (χ0) is 21.5. The maximum absolute atomic E-state index is 13.5. The van der Waals surface area contributed by atoms with Crippen molar-refractivity contribution in [2.24, 2.45) is 0 Å². The first kappa shape index (κ1) is 20.3. The molecule has 1 aliphatic rings. The van der Waals surface area contributed by atoms with Crippen molar-refractivity contribution in [3.05, 3.63) is 47.2 Å². The first-order valence-corrected chi connectivity index (χ1v) is 9.42. The Morgan fingerprint density at radius 3 is 2.53 bits per heavy atom. The zero-order valence-corrected chi connectivity index (χ0v) is 16.2. The van der Waals surface area contributed by atoms with Gasteiger partial charge >= 0.3 is 6.03 Å². The normalized spacial score (nSPS) is 16.0. The highest BCUT2D eigenvalue weighted by atomic mass is 35.5. The molecule has 11 heteroatoms. The first-order valence-electron chi connectivity index (χ1n) is 9.04. The number of urea groups is 1. The van der Waals surface area contributed by atoms with Gasteiger partial charge in [-0.3, -0.25) is 0 Å². The van der Waals surface area contributed by atoms with E-state index in [0.717, 1.165) is 12.1 Å². The Morgan fingerprint density at radius 2 is 1.83 bits per heavy atom. The van der Waals surface area contributed by atoms with Crippen LogP contribution in [-0.4, -0.2) is 35.0 Å². The fourth-order valence-corrected chi connectivity index (χ4v) is 3.57. The van der Waals surface area contributed by atoms with Crippen LogP contribution in [0.4, 0.5) is 39.5 Å². The number of anilines is 3. The van der Waals surface area contributed by atoms with Crippen molar-refractivity contribution in [1.29, 1.82) is 0 Å². The van der Waals surface area contributed by atoms with Gasteiger partial charge in [0.05, 0.1) is 28.1 Å². The molecule has 3 N–H and O–H groups in total. The van der Waals surface area contributed by atoms with Crippen LogP contribution in [0.2, 0.25) is 5.02 Å². The van der Waals surface area contributed by atoms with Gasteiger partial charge in [-0.2, -0.15) is 0 Å². The number of carbonyl (C=O) groups excluding carboxylic acids is 1. The largest absolute Gasteiger partial charge is 0.359 e. The Bertz CT molecular complexity index is 1110. The maximum Gasteiger partial charge on any atom is 0.323 e. The number of carbonyl (C=O) groups is 1. The number of halogens is 5. The number of benzene rings is 1. The number of alkyl halides is 2. The van der Waals surface area contributed by atoms with Crippen molar-refractivity contribution >= 4 is 45.7 Å². The predicted octanol–water partition coefficient (Wildman–Crippen LogP) is 5.37. The van der Waals surface area contributed by atoms with Gasteiger partial charge < -0.3 is 20.5 Å². The smallest absolute Gasteiger partial charge is 0.323 e. The fraction of sp³-hybridized carbons (Fsp3) is 0.263. The Labute approximate surface area is 173 Å². The Morgan fingerprint density at radius 1 is 1.13 bits per heavy atom. The van der Waals surface area contributed by atoms with Crippen LogP contribution in [0.5, 0.6) is 0 Å². The number of aromatic nitrogens is 2. The van der Waals surface area contributed by atoms with Gasteiger partial charge in [-0.05, 0) is 12.1 Å². The number of hydrogen-bond acceptors (Lipinski definition) is 3. The van der Waals surface area contributed by atoms with E-state index in [1.54, 1.807) is 4.90 Å². The predicted molar refractivity (Wildman–Crippen MR) is 106 cm³/mol. The summed E-state index contributed by atoms with van der Waals surface area (Å²) in [5, 5.41) is 5.58. The maximum atomic E-state index is 13.5. The Balaban J connectivity index is 1.44. The van der Waals surface area contributed by atoms with Crippen molar-refractivity contribution < 1.29 is 22.4 Å². The van der Waals surface area contributed by atoms with Gasteiger partial charge in [0.2, 0.25) is 0 Å². The number of fused-ring (bicyclic) bond motifs is 1. The summed E-state index contributed by atoms with van der Waals surface area (Å²) in [5.74, 6) is -4.35. The third-order valence-electron chi connectivity index (χ3n) is 4.84. The molecule has 158 valence electrons. The molecule has 30 heavy (non-hydrogen) atoms. The van der Waals surface area contributed by atoms with Gasteiger partial charge in [-0.25, -0.2) is 27.3 Å². The molecule has 1 fully saturated rings. The van der Waals surface area contributed by atoms with Crippen molar-refractivity contribution in [3.8, 4) is 0 Å². The number of pyridine rings is 1. The molecule has 6 nitrogen and oxygen atoms in total. The van der Waals surface area contributed by atoms with Crippen molar-refractivity contribution in [1.82, 2.24) is 9.97 Å². The monoisotopic (exact) mass is 441 g/mol. The van der Waals surface area contributed by atoms with Gasteiger partial charge in [-0.1, -0.05) is 11.6 Å². The van der Waals surface area contributed by atoms with Crippen molar-refractivity contribution in [2.75, 3.05) is 28.6 Å². The van der Waals surface area contributed by atoms with Crippen LogP contribution in [0.3, 0.4) is 0 Å². The number of piperidine rings is 1. The first-order chi connectivity index (χ1) is 14.2. The summed E-state index contributed by atoms with van der Waals surface area (Å²) >= 11 is 6.22. The third kappa shape index (κ3) is 4.13. The van der Waals surface area contributed by atoms with Gasteiger partial charge in [-0.15, -0.1) is 0 Å². The second-order valence-corrected chi connectivity index (χ2v) is 7.37. The number of H-pyrrole nitrogens is 1. The molecule has 3 aromatic rings. The lowest BCUT2D eigenvalue weighted by Crippen LogP contribution is -2.39. The van der Waals surface area contributed by atoms with Crippen LogP contribution in [0.25, 0.3) is 10.9 Å². The lowest BCUT2D eigenvalue weighted by Gasteiger charge is -2.33. The number of hydrogen-bond donors (Lipinski definition) is 3. The highest BCUT2D eigenvalue weighted by molar-refractivity contribution is 6.33. The summed E-state index contributed by atoms with van der Waals surface area (Å²) in [7, 11) is 0. The number of nitrogens with one attached hydrogen (secondary N) is 3. The molecule has 1 saturated heterocycles. The SMILES string of the molecule is O=C(Nc1cnc(N2CCC(F)(F)CC2)c(Cl)c1)Nc1c[nH]c2cc(F)c(F)cc12. The molecule has 1 aromatic carbocycles. The summed E-state index contributed by atoms with van der Waals surface area (Å²) in [6.45, 7) is 0.259. The number of aromatic amines is 1. The van der Waals surface area contributed by atoms with E-state index < -0.39 is 23.6 Å². The molecular weight excluding hydrogens is 426 g/mol. The highest BCUT2D eigenvalue weighted by Crippen LogP contribution is 2.33. The van der Waals surface area contributed by atoms with Gasteiger partial charge in [0, 0.05) is 43.6 Å². The Kier molecular flexibility index (Phi) is 5.19. The average molecular weight is 442 g/mol. The number of nitrogens with zero attached hydrogens (tertiary/aromatic N) is 2. The molecular formula is C19H16ClF4N5O. The summed E-state index contributed by atoms with van der Waals surface area (Å²) in [4.78, 5) is 20.9. The van der Waals surface area contributed by atoms with Gasteiger partial charge in [0.25, 0.3) is 5.92 Å². The molecule has 0 bridgehead atoms. The zero-order valence-electron chi connectivity index (χ0n) is 15.4. The summed E-state index contributed by atoms with van der Waals surface area (Å²) in [5.41, 5.74) is 0.859. The second-order valence-electron chi connectivity index (χ2n) is 6.97. The van der Waals surface area contributed by atoms with Crippen LogP contribution in [0, 0.1) is 11.6 Å². The minimum Gasteiger partial charge on any atom is -0.359 e. The third-order valence-corrected chi connectivity index (χ3v) is 5.12. The van der Waals surface area contributed by atoms with Gasteiger partial charge in [0.15, 0.2) is 11.6 Å². The van der Waals surface area contributed by atoms with E-state index in [1.807, 2.05) is 0 Å². The molecule has 0 spiro atoms. The van der Waals surface area contributed by atoms with E-state index in [4.69, 9.17) is 11.6 Å². The van der Waals surface area contributed by atoms with E-state index in [2.05, 4.69) is 20.6 Å². The molecule has 0 atom stereocenters. The molecule has 0 aliphatic carbocycles. The van der Waals surface area contributed by atoms with Gasteiger partial charge in [0.1, 0.15) is 5.82 Å². The Hall–Kier alpha value is -3.01. The lowest BCUT2D eigenvalue weighted by atomic mass is 10.1. The molecule has 0 unspecified atom stereocenters. The van der Waals surface area contributed by atoms with Crippen LogP contribution in [0.15, 0.2) is 30.6 Å². The van der Waals surface area contributed by atoms with E-state index in [9.17, 15) is 22.4 Å². The van der Waals surface area contributed by atoms with Crippen LogP contribution in [-0.2, 0) is 0 Å². The summed E-state index contributed by atoms with van der Waals surface area (Å²) in [6.07, 6.45) is 2.21. The van der Waals surface area contributed by atoms with E-state index in [0.29, 0.717) is 16.7 Å². The fourth-order valence-electron chi connectivity index (χ4n) is 3.28. The quantitative estimate of drug-likeness (QED) is 0.478. The summed E-state index contributed by atoms with van der Waals surface area (Å²) in [6, 6.07) is 2.78. The van der Waals surface area contributed by atoms with E-state index in [-0.39, 0.29) is 42.3 Å². The molecule has 0 radical (unpaired) electrons. The van der Waals surface area contributed by atoms with Crippen LogP contribution >= 0.6 is 11.6 Å². The average Bonchev–Trinajstić information content (AvgIpc) is 3.04. The standard InChI is InChI=1S/C19H16ClF4N5O/c20-12-5-10(8-26-17(12)29-3-1-19(23,24)2-4-29)27-18(30)28-16-9-25-15-7-14(22)13(21)6-11(15)16/h5-9,25H,1-4H2,(H2,27,28,30). The van der Waals surface area contributed by atoms with E-state index >= 15 is 0 Å². The van der Waals surface area contributed by atoms with Crippen molar-refractivity contribution in [3.63, 3.8) is 0 Å².